The lowest BCUT2D eigenvalue weighted by molar-refractivity contribution is -0.0494. The molecule has 12 heteroatoms. The molecule has 7 nitrogen and oxygen atoms in total. The molecule has 2 N–H and O–H groups in total. The van der Waals surface area contributed by atoms with E-state index in [4.69, 9.17) is 0 Å². The van der Waals surface area contributed by atoms with Gasteiger partial charge in [-0.25, -0.2) is 8.42 Å². The van der Waals surface area contributed by atoms with E-state index in [-0.39, 0.29) is 43.1 Å². The number of guanidine groups is 1. The number of hydrogen-bond donors (Lipinski definition) is 2. The predicted octanol–water partition coefficient (Wildman–Crippen LogP) is 2.35. The molecule has 0 aromatic rings. The first-order valence-corrected chi connectivity index (χ1v) is 11.5. The van der Waals surface area contributed by atoms with E-state index in [1.165, 1.54) is 12.8 Å². The van der Waals surface area contributed by atoms with Gasteiger partial charge < -0.3 is 10.6 Å². The zero-order valence-corrected chi connectivity index (χ0v) is 20.2. The molecule has 0 aromatic heterocycles. The lowest BCUT2D eigenvalue weighted by Gasteiger charge is -2.32. The first-order valence-electron chi connectivity index (χ1n) is 10.0. The Balaban J connectivity index is 0.00000420. The van der Waals surface area contributed by atoms with Crippen molar-refractivity contribution in [3.8, 4) is 0 Å². The molecule has 0 bridgehead atoms. The van der Waals surface area contributed by atoms with Crippen LogP contribution in [0.2, 0.25) is 0 Å². The summed E-state index contributed by atoms with van der Waals surface area (Å²) < 4.78 is 61.6. The number of likely N-dealkylation sites (tertiary alicyclic amines) is 1. The molecule has 2 aliphatic rings. The van der Waals surface area contributed by atoms with E-state index in [2.05, 4.69) is 27.4 Å². The van der Waals surface area contributed by atoms with Crippen LogP contribution in [0.1, 0.15) is 46.0 Å². The van der Waals surface area contributed by atoms with Crippen molar-refractivity contribution < 1.29 is 21.6 Å². The van der Waals surface area contributed by atoms with Gasteiger partial charge in [-0.05, 0) is 52.1 Å². The smallest absolute Gasteiger partial charge is 0.357 e. The van der Waals surface area contributed by atoms with Crippen LogP contribution in [0.4, 0.5) is 13.2 Å². The van der Waals surface area contributed by atoms with Crippen LogP contribution in [0, 0.1) is 0 Å². The van der Waals surface area contributed by atoms with Crippen molar-refractivity contribution >= 4 is 40.0 Å². The van der Waals surface area contributed by atoms with Crippen LogP contribution in [0.5, 0.6) is 0 Å². The highest BCUT2D eigenvalue weighted by molar-refractivity contribution is 14.0. The molecule has 2 aliphatic heterocycles. The molecule has 2 heterocycles. The van der Waals surface area contributed by atoms with E-state index in [0.717, 1.165) is 19.5 Å². The van der Waals surface area contributed by atoms with Crippen LogP contribution in [0.3, 0.4) is 0 Å². The number of nitrogens with zero attached hydrogens (tertiary/aromatic N) is 3. The maximum absolute atomic E-state index is 12.7. The maximum Gasteiger partial charge on any atom is 0.511 e. The van der Waals surface area contributed by atoms with Gasteiger partial charge in [-0.3, -0.25) is 9.89 Å². The van der Waals surface area contributed by atoms with Gasteiger partial charge in [-0.1, -0.05) is 6.92 Å². The molecule has 172 valence electrons. The Morgan fingerprint density at radius 1 is 1.14 bits per heavy atom. The Kier molecular flexibility index (Phi) is 10.9. The van der Waals surface area contributed by atoms with Crippen molar-refractivity contribution in [2.24, 2.45) is 4.99 Å². The minimum absolute atomic E-state index is 0. The van der Waals surface area contributed by atoms with Crippen LogP contribution in [-0.2, 0) is 10.0 Å². The standard InChI is InChI=1S/C17H32F3N5O2S.HI/c1-3-15(24-9-5-6-10-24)13-22-16(21-4-2)23-14-7-11-25(12-8-14)28(26,27)17(18,19)20;/h14-15H,3-13H2,1-2H3,(H2,21,22,23);1H. The number of nitrogens with one attached hydrogen (secondary N) is 2. The second-order valence-corrected chi connectivity index (χ2v) is 9.22. The highest BCUT2D eigenvalue weighted by Crippen LogP contribution is 2.28. The van der Waals surface area contributed by atoms with Gasteiger partial charge in [0.05, 0.1) is 6.54 Å². The third kappa shape index (κ3) is 7.39. The fraction of sp³-hybridized carbons (Fsp3) is 0.941. The number of hydrogen-bond acceptors (Lipinski definition) is 4. The Bertz CT molecular complexity index is 619. The summed E-state index contributed by atoms with van der Waals surface area (Å²) in [6.07, 6.45) is 4.07. The van der Waals surface area contributed by atoms with Crippen LogP contribution < -0.4 is 10.6 Å². The largest absolute Gasteiger partial charge is 0.511 e. The van der Waals surface area contributed by atoms with Gasteiger partial charge in [-0.2, -0.15) is 17.5 Å². The zero-order chi connectivity index (χ0) is 20.8. The molecule has 0 aliphatic carbocycles. The van der Waals surface area contributed by atoms with Gasteiger partial charge in [-0.15, -0.1) is 24.0 Å². The van der Waals surface area contributed by atoms with Crippen molar-refractivity contribution in [3.63, 3.8) is 0 Å². The average molecular weight is 555 g/mol. The number of alkyl halides is 3. The maximum atomic E-state index is 12.7. The molecule has 0 aromatic carbocycles. The van der Waals surface area contributed by atoms with Crippen LogP contribution >= 0.6 is 24.0 Å². The highest BCUT2D eigenvalue weighted by Gasteiger charge is 2.50. The van der Waals surface area contributed by atoms with Gasteiger partial charge in [0.25, 0.3) is 0 Å². The van der Waals surface area contributed by atoms with Crippen molar-refractivity contribution in [3.05, 3.63) is 0 Å². The minimum Gasteiger partial charge on any atom is -0.357 e. The molecule has 0 amide bonds. The van der Waals surface area contributed by atoms with Gasteiger partial charge in [0, 0.05) is 31.7 Å². The fourth-order valence-electron chi connectivity index (χ4n) is 3.71. The topological polar surface area (TPSA) is 77.0 Å². The Labute approximate surface area is 188 Å². The first-order chi connectivity index (χ1) is 13.2. The molecule has 29 heavy (non-hydrogen) atoms. The predicted molar refractivity (Wildman–Crippen MR) is 119 cm³/mol. The van der Waals surface area contributed by atoms with Crippen LogP contribution in [0.25, 0.3) is 0 Å². The van der Waals surface area contributed by atoms with E-state index >= 15 is 0 Å². The summed E-state index contributed by atoms with van der Waals surface area (Å²) in [6, 6.07) is 0.279. The molecule has 2 fully saturated rings. The first kappa shape index (κ1) is 26.7. The van der Waals surface area contributed by atoms with E-state index in [9.17, 15) is 21.6 Å². The van der Waals surface area contributed by atoms with Crippen molar-refractivity contribution in [2.45, 2.75) is 63.5 Å². The molecule has 1 atom stereocenters. The molecule has 0 spiro atoms. The van der Waals surface area contributed by atoms with Crippen molar-refractivity contribution in [1.29, 1.82) is 0 Å². The third-order valence-electron chi connectivity index (χ3n) is 5.36. The Morgan fingerprint density at radius 3 is 2.21 bits per heavy atom. The summed E-state index contributed by atoms with van der Waals surface area (Å²) in [5, 5.41) is 6.43. The summed E-state index contributed by atoms with van der Waals surface area (Å²) in [5.41, 5.74) is -5.24. The monoisotopic (exact) mass is 555 g/mol. The van der Waals surface area contributed by atoms with Crippen LogP contribution in [0.15, 0.2) is 4.99 Å². The zero-order valence-electron chi connectivity index (χ0n) is 17.0. The molecule has 1 unspecified atom stereocenters. The Morgan fingerprint density at radius 2 is 1.72 bits per heavy atom. The van der Waals surface area contributed by atoms with Crippen molar-refractivity contribution in [1.82, 2.24) is 19.8 Å². The van der Waals surface area contributed by atoms with E-state index in [0.29, 0.717) is 42.2 Å². The third-order valence-corrected chi connectivity index (χ3v) is 6.99. The molecule has 0 radical (unpaired) electrons. The number of halogens is 4. The van der Waals surface area contributed by atoms with Gasteiger partial charge >= 0.3 is 15.5 Å². The molecule has 0 saturated carbocycles. The summed E-state index contributed by atoms with van der Waals surface area (Å²) in [4.78, 5) is 7.12. The fourth-order valence-corrected chi connectivity index (χ4v) is 4.69. The van der Waals surface area contributed by atoms with E-state index in [1.807, 2.05) is 6.92 Å². The second-order valence-electron chi connectivity index (χ2n) is 7.29. The molecule has 2 saturated heterocycles. The molecular formula is C17H33F3IN5O2S. The SMILES string of the molecule is CCNC(=NCC(CC)N1CCCC1)NC1CCN(S(=O)(=O)C(F)(F)F)CC1.I. The summed E-state index contributed by atoms with van der Waals surface area (Å²) in [6.45, 7) is 7.34. The quantitative estimate of drug-likeness (QED) is 0.287. The van der Waals surface area contributed by atoms with Gasteiger partial charge in [0.1, 0.15) is 0 Å². The van der Waals surface area contributed by atoms with Gasteiger partial charge in [0.2, 0.25) is 0 Å². The second kappa shape index (κ2) is 11.9. The van der Waals surface area contributed by atoms with Crippen LogP contribution in [-0.4, -0.2) is 80.4 Å². The van der Waals surface area contributed by atoms with E-state index < -0.39 is 15.5 Å². The average Bonchev–Trinajstić information content (AvgIpc) is 3.16. The number of sulfonamides is 1. The number of rotatable bonds is 7. The van der Waals surface area contributed by atoms with Crippen molar-refractivity contribution in [2.75, 3.05) is 39.3 Å². The summed E-state index contributed by atoms with van der Waals surface area (Å²) >= 11 is 0. The van der Waals surface area contributed by atoms with E-state index in [1.54, 1.807) is 0 Å². The number of piperidine rings is 1. The highest BCUT2D eigenvalue weighted by atomic mass is 127. The Hall–Kier alpha value is -0.340. The molecular weight excluding hydrogens is 522 g/mol. The minimum atomic E-state index is -5.24. The van der Waals surface area contributed by atoms with Gasteiger partial charge in [0.15, 0.2) is 5.96 Å². The number of aliphatic imine (C=N–C) groups is 1. The summed E-state index contributed by atoms with van der Waals surface area (Å²) in [7, 11) is -5.24. The lowest BCUT2D eigenvalue weighted by atomic mass is 10.1. The normalized spacial score (nSPS) is 21.6. The summed E-state index contributed by atoms with van der Waals surface area (Å²) in [5.74, 6) is 0.636. The molecule has 2 rings (SSSR count). The lowest BCUT2D eigenvalue weighted by Crippen LogP contribution is -2.51.